The molecule has 0 bridgehead atoms. The first-order valence-electron chi connectivity index (χ1n) is 8.82. The van der Waals surface area contributed by atoms with E-state index in [0.29, 0.717) is 11.4 Å². The number of hydrogen-bond acceptors (Lipinski definition) is 7. The Kier molecular flexibility index (Phi) is 4.97. The number of hydrogen-bond donors (Lipinski definition) is 1. The van der Waals surface area contributed by atoms with Gasteiger partial charge in [0.2, 0.25) is 0 Å². The molecule has 29 heavy (non-hydrogen) atoms. The topological polar surface area (TPSA) is 113 Å². The van der Waals surface area contributed by atoms with Crippen LogP contribution in [0.1, 0.15) is 5.56 Å². The third-order valence-corrected chi connectivity index (χ3v) is 4.38. The molecule has 0 radical (unpaired) electrons. The average molecular weight is 390 g/mol. The summed E-state index contributed by atoms with van der Waals surface area (Å²) in [7, 11) is 1.87. The van der Waals surface area contributed by atoms with Gasteiger partial charge in [0.05, 0.1) is 5.69 Å². The van der Waals surface area contributed by atoms with Crippen molar-refractivity contribution in [2.75, 3.05) is 11.9 Å². The Hall–Kier alpha value is -4.08. The Bertz CT molecular complexity index is 1120. The maximum atomic E-state index is 12.4. The standard InChI is InChI=1S/C19H18N8O2/c1-13-16(19-23-20-11-26(19)2)4-3-5-17(13)22-18(28)10-29-15-8-6-14(7-9-15)27-12-21-24-25-27/h3-9,11-12H,10H2,1-2H3,(H,22,28). The van der Waals surface area contributed by atoms with E-state index in [0.717, 1.165) is 22.6 Å². The van der Waals surface area contributed by atoms with Crippen LogP contribution in [0.25, 0.3) is 17.1 Å². The summed E-state index contributed by atoms with van der Waals surface area (Å²) in [5, 5.41) is 21.9. The van der Waals surface area contributed by atoms with Crippen molar-refractivity contribution in [1.82, 2.24) is 35.0 Å². The van der Waals surface area contributed by atoms with Crippen LogP contribution in [-0.4, -0.2) is 47.5 Å². The molecule has 2 aromatic carbocycles. The van der Waals surface area contributed by atoms with Crippen LogP contribution in [0.5, 0.6) is 5.75 Å². The molecule has 146 valence electrons. The summed E-state index contributed by atoms with van der Waals surface area (Å²) >= 11 is 0. The molecule has 0 atom stereocenters. The highest BCUT2D eigenvalue weighted by atomic mass is 16.5. The molecule has 4 rings (SSSR count). The van der Waals surface area contributed by atoms with Crippen molar-refractivity contribution in [3.63, 3.8) is 0 Å². The van der Waals surface area contributed by atoms with Crippen molar-refractivity contribution in [3.05, 3.63) is 60.7 Å². The number of aryl methyl sites for hydroxylation is 1. The van der Waals surface area contributed by atoms with E-state index in [9.17, 15) is 4.79 Å². The predicted octanol–water partition coefficient (Wildman–Crippen LogP) is 1.78. The summed E-state index contributed by atoms with van der Waals surface area (Å²) in [6.07, 6.45) is 3.14. The van der Waals surface area contributed by atoms with Crippen molar-refractivity contribution in [1.29, 1.82) is 0 Å². The molecule has 0 fully saturated rings. The Balaban J connectivity index is 1.40. The van der Waals surface area contributed by atoms with E-state index >= 15 is 0 Å². The summed E-state index contributed by atoms with van der Waals surface area (Å²) in [6.45, 7) is 1.82. The molecule has 0 saturated heterocycles. The fourth-order valence-corrected chi connectivity index (χ4v) is 2.85. The van der Waals surface area contributed by atoms with Crippen molar-refractivity contribution < 1.29 is 9.53 Å². The van der Waals surface area contributed by atoms with Crippen LogP contribution >= 0.6 is 0 Å². The van der Waals surface area contributed by atoms with Gasteiger partial charge >= 0.3 is 0 Å². The second-order valence-electron chi connectivity index (χ2n) is 6.33. The van der Waals surface area contributed by atoms with Gasteiger partial charge < -0.3 is 14.6 Å². The molecule has 2 aromatic heterocycles. The van der Waals surface area contributed by atoms with E-state index in [4.69, 9.17) is 4.74 Å². The summed E-state index contributed by atoms with van der Waals surface area (Å²) in [5.74, 6) is 1.05. The quantitative estimate of drug-likeness (QED) is 0.534. The number of nitrogens with one attached hydrogen (secondary N) is 1. The zero-order valence-electron chi connectivity index (χ0n) is 15.9. The zero-order valence-corrected chi connectivity index (χ0v) is 15.9. The molecule has 4 aromatic rings. The normalized spacial score (nSPS) is 10.7. The smallest absolute Gasteiger partial charge is 0.262 e. The van der Waals surface area contributed by atoms with Crippen LogP contribution in [0, 0.1) is 6.92 Å². The number of anilines is 1. The highest BCUT2D eigenvalue weighted by Crippen LogP contribution is 2.26. The second-order valence-corrected chi connectivity index (χ2v) is 6.33. The maximum Gasteiger partial charge on any atom is 0.262 e. The van der Waals surface area contributed by atoms with Crippen LogP contribution in [0.2, 0.25) is 0 Å². The Morgan fingerprint density at radius 3 is 2.62 bits per heavy atom. The molecule has 1 N–H and O–H groups in total. The minimum absolute atomic E-state index is 0.113. The number of amides is 1. The van der Waals surface area contributed by atoms with Gasteiger partial charge in [-0.1, -0.05) is 12.1 Å². The number of tetrazole rings is 1. The maximum absolute atomic E-state index is 12.4. The van der Waals surface area contributed by atoms with Crippen molar-refractivity contribution >= 4 is 11.6 Å². The van der Waals surface area contributed by atoms with Gasteiger partial charge in [0.15, 0.2) is 12.4 Å². The summed E-state index contributed by atoms with van der Waals surface area (Å²) in [4.78, 5) is 12.4. The monoisotopic (exact) mass is 390 g/mol. The summed E-state index contributed by atoms with van der Waals surface area (Å²) in [6, 6.07) is 12.8. The first-order chi connectivity index (χ1) is 14.1. The third kappa shape index (κ3) is 3.95. The van der Waals surface area contributed by atoms with E-state index in [1.54, 1.807) is 30.6 Å². The fraction of sp³-hybridized carbons (Fsp3) is 0.158. The molecule has 0 saturated carbocycles. The Labute approximate surface area is 166 Å². The van der Waals surface area contributed by atoms with Gasteiger partial charge in [-0.3, -0.25) is 4.79 Å². The molecule has 0 unspecified atom stereocenters. The van der Waals surface area contributed by atoms with Crippen LogP contribution in [-0.2, 0) is 11.8 Å². The van der Waals surface area contributed by atoms with E-state index < -0.39 is 0 Å². The van der Waals surface area contributed by atoms with Gasteiger partial charge in [0, 0.05) is 18.3 Å². The van der Waals surface area contributed by atoms with Gasteiger partial charge in [-0.15, -0.1) is 15.3 Å². The van der Waals surface area contributed by atoms with Crippen molar-refractivity contribution in [3.8, 4) is 22.8 Å². The van der Waals surface area contributed by atoms with E-state index in [1.165, 1.54) is 11.0 Å². The molecule has 0 spiro atoms. The van der Waals surface area contributed by atoms with Gasteiger partial charge in [0.25, 0.3) is 5.91 Å². The molecule has 10 nitrogen and oxygen atoms in total. The number of carbonyl (C=O) groups excluding carboxylic acids is 1. The summed E-state index contributed by atoms with van der Waals surface area (Å²) in [5.41, 5.74) is 3.31. The number of ether oxygens (including phenoxy) is 1. The van der Waals surface area contributed by atoms with Gasteiger partial charge in [-0.2, -0.15) is 0 Å². The number of aromatic nitrogens is 7. The molecule has 1 amide bonds. The molecular formula is C19H18N8O2. The van der Waals surface area contributed by atoms with Crippen LogP contribution in [0.15, 0.2) is 55.1 Å². The van der Waals surface area contributed by atoms with Gasteiger partial charge in [-0.05, 0) is 53.2 Å². The Morgan fingerprint density at radius 2 is 1.93 bits per heavy atom. The Morgan fingerprint density at radius 1 is 1.10 bits per heavy atom. The zero-order chi connectivity index (χ0) is 20.2. The molecule has 10 heteroatoms. The molecule has 0 aliphatic carbocycles. The number of nitrogens with zero attached hydrogens (tertiary/aromatic N) is 7. The van der Waals surface area contributed by atoms with Crippen molar-refractivity contribution in [2.45, 2.75) is 6.92 Å². The lowest BCUT2D eigenvalue weighted by Gasteiger charge is -2.13. The molecule has 0 aliphatic heterocycles. The van der Waals surface area contributed by atoms with Crippen LogP contribution in [0.4, 0.5) is 5.69 Å². The van der Waals surface area contributed by atoms with Crippen LogP contribution < -0.4 is 10.1 Å². The van der Waals surface area contributed by atoms with E-state index in [2.05, 4.69) is 31.0 Å². The van der Waals surface area contributed by atoms with Crippen LogP contribution in [0.3, 0.4) is 0 Å². The third-order valence-electron chi connectivity index (χ3n) is 4.38. The van der Waals surface area contributed by atoms with Gasteiger partial charge in [-0.25, -0.2) is 4.68 Å². The second kappa shape index (κ2) is 7.89. The number of carbonyl (C=O) groups is 1. The summed E-state index contributed by atoms with van der Waals surface area (Å²) < 4.78 is 8.93. The molecule has 2 heterocycles. The number of benzene rings is 2. The lowest BCUT2D eigenvalue weighted by Crippen LogP contribution is -2.20. The molecule has 0 aliphatic rings. The largest absolute Gasteiger partial charge is 0.484 e. The van der Waals surface area contributed by atoms with E-state index in [-0.39, 0.29) is 12.5 Å². The van der Waals surface area contributed by atoms with Crippen molar-refractivity contribution in [2.24, 2.45) is 7.05 Å². The lowest BCUT2D eigenvalue weighted by molar-refractivity contribution is -0.118. The SMILES string of the molecule is Cc1c(NC(=O)COc2ccc(-n3cnnn3)cc2)cccc1-c1nncn1C. The van der Waals surface area contributed by atoms with Gasteiger partial charge in [0.1, 0.15) is 18.4 Å². The van der Waals surface area contributed by atoms with E-state index in [1.807, 2.05) is 36.7 Å². The predicted molar refractivity (Wildman–Crippen MR) is 104 cm³/mol. The number of rotatable bonds is 6. The lowest BCUT2D eigenvalue weighted by atomic mass is 10.1. The minimum atomic E-state index is -0.257. The first kappa shape index (κ1) is 18.3. The minimum Gasteiger partial charge on any atom is -0.484 e. The average Bonchev–Trinajstić information content (AvgIpc) is 3.41. The first-order valence-corrected chi connectivity index (χ1v) is 8.82. The molecular weight excluding hydrogens is 372 g/mol. The fourth-order valence-electron chi connectivity index (χ4n) is 2.85. The highest BCUT2D eigenvalue weighted by Gasteiger charge is 2.13. The highest BCUT2D eigenvalue weighted by molar-refractivity contribution is 5.93.